The standard InChI is InChI=1S/C9H11F2N3O/c1-14-5-7(4-12-14)13-8(15)6-2-9(10,11)3-6/h4-6H,2-3H2,1H3,(H,13,15). The van der Waals surface area contributed by atoms with Gasteiger partial charge in [-0.3, -0.25) is 9.48 Å². The summed E-state index contributed by atoms with van der Waals surface area (Å²) in [7, 11) is 1.72. The molecule has 1 aliphatic rings. The fourth-order valence-corrected chi connectivity index (χ4v) is 1.58. The first kappa shape index (κ1) is 10.1. The lowest BCUT2D eigenvalue weighted by Crippen LogP contribution is -2.42. The molecule has 0 aliphatic heterocycles. The van der Waals surface area contributed by atoms with Gasteiger partial charge in [0.05, 0.1) is 11.9 Å². The van der Waals surface area contributed by atoms with E-state index < -0.39 is 11.8 Å². The van der Waals surface area contributed by atoms with Crippen LogP contribution in [0.3, 0.4) is 0 Å². The van der Waals surface area contributed by atoms with Crippen molar-refractivity contribution in [1.82, 2.24) is 9.78 Å². The Kier molecular flexibility index (Phi) is 2.21. The maximum atomic E-state index is 12.5. The molecule has 6 heteroatoms. The zero-order chi connectivity index (χ0) is 11.1. The summed E-state index contributed by atoms with van der Waals surface area (Å²) in [6.07, 6.45) is 2.40. The smallest absolute Gasteiger partial charge is 0.249 e. The lowest BCUT2D eigenvalue weighted by Gasteiger charge is -2.33. The van der Waals surface area contributed by atoms with Gasteiger partial charge in [0.2, 0.25) is 11.8 Å². The van der Waals surface area contributed by atoms with Crippen molar-refractivity contribution in [3.63, 3.8) is 0 Å². The van der Waals surface area contributed by atoms with Gasteiger partial charge in [-0.2, -0.15) is 5.10 Å². The molecule has 1 N–H and O–H groups in total. The predicted molar refractivity (Wildman–Crippen MR) is 49.5 cm³/mol. The molecule has 0 spiro atoms. The highest BCUT2D eigenvalue weighted by Gasteiger charge is 2.48. The Morgan fingerprint density at radius 2 is 2.33 bits per heavy atom. The van der Waals surface area contributed by atoms with E-state index in [1.807, 2.05) is 0 Å². The highest BCUT2D eigenvalue weighted by atomic mass is 19.3. The van der Waals surface area contributed by atoms with Gasteiger partial charge in [0.25, 0.3) is 0 Å². The number of carbonyl (C=O) groups is 1. The van der Waals surface area contributed by atoms with Crippen molar-refractivity contribution in [2.24, 2.45) is 13.0 Å². The Hall–Kier alpha value is -1.46. The molecule has 1 fully saturated rings. The van der Waals surface area contributed by atoms with E-state index in [1.54, 1.807) is 13.2 Å². The molecule has 1 aromatic heterocycles. The average Bonchev–Trinajstić information content (AvgIpc) is 2.46. The number of alkyl halides is 2. The molecular weight excluding hydrogens is 204 g/mol. The molecule has 1 saturated carbocycles. The highest BCUT2D eigenvalue weighted by Crippen LogP contribution is 2.42. The number of rotatable bonds is 2. The van der Waals surface area contributed by atoms with Crippen molar-refractivity contribution in [3.8, 4) is 0 Å². The van der Waals surface area contributed by atoms with Crippen molar-refractivity contribution in [3.05, 3.63) is 12.4 Å². The summed E-state index contributed by atoms with van der Waals surface area (Å²) in [5, 5.41) is 6.40. The van der Waals surface area contributed by atoms with Gasteiger partial charge < -0.3 is 5.32 Å². The summed E-state index contributed by atoms with van der Waals surface area (Å²) in [6, 6.07) is 0. The van der Waals surface area contributed by atoms with Gasteiger partial charge in [-0.25, -0.2) is 8.78 Å². The normalized spacial score (nSPS) is 19.7. The quantitative estimate of drug-likeness (QED) is 0.810. The molecule has 1 heterocycles. The number of hydrogen-bond acceptors (Lipinski definition) is 2. The zero-order valence-corrected chi connectivity index (χ0v) is 8.20. The second-order valence-electron chi connectivity index (χ2n) is 3.85. The number of amides is 1. The summed E-state index contributed by atoms with van der Waals surface area (Å²) in [5.74, 6) is -3.58. The minimum atomic E-state index is -2.66. The summed E-state index contributed by atoms with van der Waals surface area (Å²) in [5.41, 5.74) is 0.540. The van der Waals surface area contributed by atoms with Crippen LogP contribution in [0.4, 0.5) is 14.5 Å². The lowest BCUT2D eigenvalue weighted by molar-refractivity contribution is -0.145. The van der Waals surface area contributed by atoms with Crippen LogP contribution >= 0.6 is 0 Å². The van der Waals surface area contributed by atoms with E-state index in [9.17, 15) is 13.6 Å². The van der Waals surface area contributed by atoms with Crippen LogP contribution in [0.1, 0.15) is 12.8 Å². The molecule has 0 atom stereocenters. The van der Waals surface area contributed by atoms with Gasteiger partial charge in [0.15, 0.2) is 0 Å². The third-order valence-corrected chi connectivity index (χ3v) is 2.43. The number of aryl methyl sites for hydroxylation is 1. The number of anilines is 1. The molecule has 0 saturated heterocycles. The zero-order valence-electron chi connectivity index (χ0n) is 8.20. The first-order valence-electron chi connectivity index (χ1n) is 4.64. The number of halogens is 2. The van der Waals surface area contributed by atoms with Crippen LogP contribution < -0.4 is 5.32 Å². The number of nitrogens with zero attached hydrogens (tertiary/aromatic N) is 2. The number of aromatic nitrogens is 2. The molecule has 0 radical (unpaired) electrons. The largest absolute Gasteiger partial charge is 0.323 e. The number of nitrogens with one attached hydrogen (secondary N) is 1. The van der Waals surface area contributed by atoms with E-state index in [4.69, 9.17) is 0 Å². The van der Waals surface area contributed by atoms with Crippen LogP contribution in [0.15, 0.2) is 12.4 Å². The molecule has 1 aliphatic carbocycles. The summed E-state index contributed by atoms with van der Waals surface area (Å²) < 4.78 is 26.5. The Morgan fingerprint density at radius 3 is 2.80 bits per heavy atom. The van der Waals surface area contributed by atoms with Crippen LogP contribution in [-0.2, 0) is 11.8 Å². The van der Waals surface area contributed by atoms with Crippen LogP contribution in [0.2, 0.25) is 0 Å². The summed E-state index contributed by atoms with van der Waals surface area (Å²) >= 11 is 0. The molecule has 1 amide bonds. The van der Waals surface area contributed by atoms with E-state index in [1.165, 1.54) is 10.9 Å². The molecule has 0 bridgehead atoms. The van der Waals surface area contributed by atoms with Gasteiger partial charge in [0.1, 0.15) is 0 Å². The van der Waals surface area contributed by atoms with Crippen LogP contribution in [0, 0.1) is 5.92 Å². The minimum absolute atomic E-state index is 0.348. The molecule has 4 nitrogen and oxygen atoms in total. The maximum Gasteiger partial charge on any atom is 0.249 e. The van der Waals surface area contributed by atoms with E-state index in [2.05, 4.69) is 10.4 Å². The summed E-state index contributed by atoms with van der Waals surface area (Å²) in [6.45, 7) is 0. The SMILES string of the molecule is Cn1cc(NC(=O)C2CC(F)(F)C2)cn1. The van der Waals surface area contributed by atoms with Crippen molar-refractivity contribution < 1.29 is 13.6 Å². The van der Waals surface area contributed by atoms with Crippen LogP contribution in [0.25, 0.3) is 0 Å². The topological polar surface area (TPSA) is 46.9 Å². The molecular formula is C9H11F2N3O. The Balaban J connectivity index is 1.89. The molecule has 15 heavy (non-hydrogen) atoms. The van der Waals surface area contributed by atoms with Gasteiger partial charge >= 0.3 is 0 Å². The van der Waals surface area contributed by atoms with Crippen molar-refractivity contribution >= 4 is 11.6 Å². The van der Waals surface area contributed by atoms with Gasteiger partial charge in [-0.05, 0) is 0 Å². The average molecular weight is 215 g/mol. The van der Waals surface area contributed by atoms with Gasteiger partial charge in [-0.1, -0.05) is 0 Å². The minimum Gasteiger partial charge on any atom is -0.323 e. The highest BCUT2D eigenvalue weighted by molar-refractivity contribution is 5.93. The molecule has 2 rings (SSSR count). The Bertz CT molecular complexity index is 380. The summed E-state index contributed by atoms with van der Waals surface area (Å²) in [4.78, 5) is 11.4. The number of carbonyl (C=O) groups excluding carboxylic acids is 1. The maximum absolute atomic E-state index is 12.5. The number of hydrogen-bond donors (Lipinski definition) is 1. The second-order valence-corrected chi connectivity index (χ2v) is 3.85. The van der Waals surface area contributed by atoms with Crippen molar-refractivity contribution in [2.75, 3.05) is 5.32 Å². The molecule has 1 aromatic rings. The van der Waals surface area contributed by atoms with E-state index in [0.29, 0.717) is 5.69 Å². The van der Waals surface area contributed by atoms with Crippen molar-refractivity contribution in [2.45, 2.75) is 18.8 Å². The van der Waals surface area contributed by atoms with E-state index in [-0.39, 0.29) is 18.7 Å². The predicted octanol–water partition coefficient (Wildman–Crippen LogP) is 1.40. The van der Waals surface area contributed by atoms with E-state index >= 15 is 0 Å². The fraction of sp³-hybridized carbons (Fsp3) is 0.556. The Morgan fingerprint density at radius 1 is 1.67 bits per heavy atom. The molecule has 82 valence electrons. The monoisotopic (exact) mass is 215 g/mol. The second kappa shape index (κ2) is 3.29. The van der Waals surface area contributed by atoms with E-state index in [0.717, 1.165) is 0 Å². The Labute approximate surface area is 85.3 Å². The van der Waals surface area contributed by atoms with Gasteiger partial charge in [-0.15, -0.1) is 0 Å². The van der Waals surface area contributed by atoms with Crippen molar-refractivity contribution in [1.29, 1.82) is 0 Å². The molecule has 0 aromatic carbocycles. The third-order valence-electron chi connectivity index (χ3n) is 2.43. The van der Waals surface area contributed by atoms with Gasteiger partial charge in [0, 0.05) is 32.0 Å². The first-order valence-corrected chi connectivity index (χ1v) is 4.64. The van der Waals surface area contributed by atoms with Crippen LogP contribution in [0.5, 0.6) is 0 Å². The van der Waals surface area contributed by atoms with Crippen LogP contribution in [-0.4, -0.2) is 21.6 Å². The molecule has 0 unspecified atom stereocenters. The first-order chi connectivity index (χ1) is 6.96. The third kappa shape index (κ3) is 2.14. The lowest BCUT2D eigenvalue weighted by atomic mass is 9.81. The fourth-order valence-electron chi connectivity index (χ4n) is 1.58.